The number of benzene rings is 1. The van der Waals surface area contributed by atoms with Crippen molar-refractivity contribution in [1.82, 2.24) is 4.98 Å². The van der Waals surface area contributed by atoms with Gasteiger partial charge in [-0.3, -0.25) is 4.79 Å². The first kappa shape index (κ1) is 15.3. The highest BCUT2D eigenvalue weighted by Crippen LogP contribution is 2.31. The minimum atomic E-state index is -0.123. The number of thiazole rings is 1. The number of amides is 1. The summed E-state index contributed by atoms with van der Waals surface area (Å²) in [5, 5.41) is 6.16. The molecule has 2 N–H and O–H groups in total. The highest BCUT2D eigenvalue weighted by Gasteiger charge is 2.12. The molecule has 0 spiro atoms. The van der Waals surface area contributed by atoms with E-state index in [1.165, 1.54) is 11.8 Å². The van der Waals surface area contributed by atoms with Crippen LogP contribution in [0.2, 0.25) is 0 Å². The Morgan fingerprint density at radius 3 is 2.76 bits per heavy atom. The molecule has 0 bridgehead atoms. The van der Waals surface area contributed by atoms with Gasteiger partial charge in [0.15, 0.2) is 0 Å². The van der Waals surface area contributed by atoms with E-state index < -0.39 is 0 Å². The van der Waals surface area contributed by atoms with Crippen molar-refractivity contribution in [1.29, 1.82) is 0 Å². The molecule has 0 aliphatic heterocycles. The fourth-order valence-electron chi connectivity index (χ4n) is 2.12. The molecule has 5 nitrogen and oxygen atoms in total. The van der Waals surface area contributed by atoms with Crippen molar-refractivity contribution in [3.8, 4) is 5.75 Å². The lowest BCUT2D eigenvalue weighted by Gasteiger charge is -2.16. The number of nitrogens with zero attached hydrogens (tertiary/aromatic N) is 1. The number of hydrogen-bond donors (Lipinski definition) is 2. The minimum absolute atomic E-state index is 0.123. The number of carbonyl (C=O) groups is 1. The van der Waals surface area contributed by atoms with Crippen molar-refractivity contribution in [3.63, 3.8) is 0 Å². The second kappa shape index (κ2) is 6.58. The van der Waals surface area contributed by atoms with Gasteiger partial charge in [-0.25, -0.2) is 4.98 Å². The number of rotatable bonds is 5. The maximum absolute atomic E-state index is 11.1. The van der Waals surface area contributed by atoms with Crippen LogP contribution < -0.4 is 15.4 Å². The molecule has 1 aromatic heterocycles. The Kier molecular flexibility index (Phi) is 4.80. The van der Waals surface area contributed by atoms with Crippen LogP contribution in [0.4, 0.5) is 11.4 Å². The Labute approximate surface area is 128 Å². The van der Waals surface area contributed by atoms with E-state index in [0.717, 1.165) is 11.4 Å². The summed E-state index contributed by atoms with van der Waals surface area (Å²) in [5.41, 5.74) is 4.49. The second-order valence-electron chi connectivity index (χ2n) is 4.76. The third kappa shape index (κ3) is 3.72. The maximum atomic E-state index is 11.1. The molecule has 0 saturated carbocycles. The fourth-order valence-corrected chi connectivity index (χ4v) is 2.93. The molecule has 1 unspecified atom stereocenters. The molecule has 6 heteroatoms. The summed E-state index contributed by atoms with van der Waals surface area (Å²) < 4.78 is 5.32. The smallest absolute Gasteiger partial charge is 0.221 e. The Bertz CT molecular complexity index is 640. The number of ether oxygens (including phenoxy) is 1. The number of nitrogens with one attached hydrogen (secondary N) is 2. The standard InChI is InChI=1S/C15H19N3O2S/c1-9-15(21-8-16-9)10(2)17-12-5-6-13(18-11(3)19)14(7-12)20-4/h5-8,10,17H,1-4H3,(H,18,19). The predicted molar refractivity (Wildman–Crippen MR) is 86.2 cm³/mol. The number of aryl methyl sites for hydroxylation is 1. The van der Waals surface area contributed by atoms with E-state index >= 15 is 0 Å². The largest absolute Gasteiger partial charge is 0.494 e. The molecule has 2 aromatic rings. The number of methoxy groups -OCH3 is 1. The molecule has 112 valence electrons. The minimum Gasteiger partial charge on any atom is -0.494 e. The first-order valence-corrected chi connectivity index (χ1v) is 7.51. The van der Waals surface area contributed by atoms with Crippen LogP contribution >= 0.6 is 11.3 Å². The summed E-state index contributed by atoms with van der Waals surface area (Å²) >= 11 is 1.64. The zero-order chi connectivity index (χ0) is 15.4. The highest BCUT2D eigenvalue weighted by molar-refractivity contribution is 7.09. The van der Waals surface area contributed by atoms with Crippen LogP contribution in [-0.4, -0.2) is 18.0 Å². The van der Waals surface area contributed by atoms with Crippen LogP contribution in [0.15, 0.2) is 23.7 Å². The number of carbonyl (C=O) groups excluding carboxylic acids is 1. The van der Waals surface area contributed by atoms with Gasteiger partial charge in [0.2, 0.25) is 5.91 Å². The average Bonchev–Trinajstić information content (AvgIpc) is 2.86. The van der Waals surface area contributed by atoms with E-state index in [4.69, 9.17) is 4.74 Å². The van der Waals surface area contributed by atoms with Crippen molar-refractivity contribution in [2.45, 2.75) is 26.8 Å². The second-order valence-corrected chi connectivity index (χ2v) is 5.65. The monoisotopic (exact) mass is 305 g/mol. The number of anilines is 2. The van der Waals surface area contributed by atoms with E-state index in [1.807, 2.05) is 30.6 Å². The van der Waals surface area contributed by atoms with Crippen molar-refractivity contribution in [2.75, 3.05) is 17.7 Å². The van der Waals surface area contributed by atoms with Gasteiger partial charge in [0.1, 0.15) is 5.75 Å². The summed E-state index contributed by atoms with van der Waals surface area (Å²) in [7, 11) is 1.58. The van der Waals surface area contributed by atoms with Gasteiger partial charge in [-0.15, -0.1) is 11.3 Å². The van der Waals surface area contributed by atoms with E-state index in [9.17, 15) is 4.79 Å². The van der Waals surface area contributed by atoms with E-state index in [0.29, 0.717) is 11.4 Å². The zero-order valence-electron chi connectivity index (χ0n) is 12.6. The first-order chi connectivity index (χ1) is 10.0. The maximum Gasteiger partial charge on any atom is 0.221 e. The van der Waals surface area contributed by atoms with Crippen molar-refractivity contribution in [2.24, 2.45) is 0 Å². The van der Waals surface area contributed by atoms with Crippen LogP contribution in [0.3, 0.4) is 0 Å². The quantitative estimate of drug-likeness (QED) is 0.886. The summed E-state index contributed by atoms with van der Waals surface area (Å²) in [6.07, 6.45) is 0. The van der Waals surface area contributed by atoms with Gasteiger partial charge in [0, 0.05) is 23.6 Å². The summed E-state index contributed by atoms with van der Waals surface area (Å²) in [4.78, 5) is 16.6. The lowest BCUT2D eigenvalue weighted by Crippen LogP contribution is -2.09. The summed E-state index contributed by atoms with van der Waals surface area (Å²) in [6, 6.07) is 5.78. The molecule has 1 heterocycles. The van der Waals surface area contributed by atoms with Crippen LogP contribution in [0, 0.1) is 6.92 Å². The molecule has 0 fully saturated rings. The molecule has 0 saturated heterocycles. The molecule has 0 radical (unpaired) electrons. The Morgan fingerprint density at radius 2 is 2.19 bits per heavy atom. The molecular weight excluding hydrogens is 286 g/mol. The molecular formula is C15H19N3O2S. The molecule has 0 aliphatic rings. The van der Waals surface area contributed by atoms with Crippen molar-refractivity contribution >= 4 is 28.6 Å². The van der Waals surface area contributed by atoms with Crippen LogP contribution in [0.5, 0.6) is 5.75 Å². The lowest BCUT2D eigenvalue weighted by molar-refractivity contribution is -0.114. The molecule has 21 heavy (non-hydrogen) atoms. The zero-order valence-corrected chi connectivity index (χ0v) is 13.4. The Morgan fingerprint density at radius 1 is 1.43 bits per heavy atom. The number of hydrogen-bond acceptors (Lipinski definition) is 5. The highest BCUT2D eigenvalue weighted by atomic mass is 32.1. The average molecular weight is 305 g/mol. The molecule has 1 amide bonds. The van der Waals surface area contributed by atoms with Gasteiger partial charge in [-0.1, -0.05) is 0 Å². The predicted octanol–water partition coefficient (Wildman–Crippen LogP) is 3.59. The van der Waals surface area contributed by atoms with E-state index in [-0.39, 0.29) is 11.9 Å². The van der Waals surface area contributed by atoms with Crippen LogP contribution in [0.1, 0.15) is 30.5 Å². The first-order valence-electron chi connectivity index (χ1n) is 6.63. The summed E-state index contributed by atoms with van der Waals surface area (Å²) in [6.45, 7) is 5.57. The molecule has 1 atom stereocenters. The van der Waals surface area contributed by atoms with E-state index in [1.54, 1.807) is 18.4 Å². The SMILES string of the molecule is COc1cc(NC(C)c2scnc2C)ccc1NC(C)=O. The van der Waals surface area contributed by atoms with E-state index in [2.05, 4.69) is 22.5 Å². The van der Waals surface area contributed by atoms with Crippen molar-refractivity contribution in [3.05, 3.63) is 34.3 Å². The normalized spacial score (nSPS) is 11.8. The van der Waals surface area contributed by atoms with Gasteiger partial charge in [0.25, 0.3) is 0 Å². The third-order valence-electron chi connectivity index (χ3n) is 3.07. The molecule has 1 aromatic carbocycles. The lowest BCUT2D eigenvalue weighted by atomic mass is 10.2. The van der Waals surface area contributed by atoms with Gasteiger partial charge in [0.05, 0.1) is 30.0 Å². The fraction of sp³-hybridized carbons (Fsp3) is 0.333. The summed E-state index contributed by atoms with van der Waals surface area (Å²) in [5.74, 6) is 0.506. The van der Waals surface area contributed by atoms with Gasteiger partial charge >= 0.3 is 0 Å². The third-order valence-corrected chi connectivity index (χ3v) is 4.19. The van der Waals surface area contributed by atoms with Crippen LogP contribution in [-0.2, 0) is 4.79 Å². The molecule has 2 rings (SSSR count). The van der Waals surface area contributed by atoms with Gasteiger partial charge in [-0.2, -0.15) is 0 Å². The topological polar surface area (TPSA) is 63.2 Å². The number of aromatic nitrogens is 1. The van der Waals surface area contributed by atoms with Gasteiger partial charge in [-0.05, 0) is 26.0 Å². The van der Waals surface area contributed by atoms with Crippen LogP contribution in [0.25, 0.3) is 0 Å². The Balaban J connectivity index is 2.17. The Hall–Kier alpha value is -2.08. The van der Waals surface area contributed by atoms with Crippen molar-refractivity contribution < 1.29 is 9.53 Å². The molecule has 0 aliphatic carbocycles. The van der Waals surface area contributed by atoms with Gasteiger partial charge < -0.3 is 15.4 Å².